The average Bonchev–Trinajstić information content (AvgIpc) is 3.16. The van der Waals surface area contributed by atoms with Gasteiger partial charge >= 0.3 is 12.1 Å². The molecule has 2 aromatic carbocycles. The Kier molecular flexibility index (Phi) is 7.50. The zero-order chi connectivity index (χ0) is 24.1. The quantitative estimate of drug-likeness (QED) is 0.535. The van der Waals surface area contributed by atoms with Crippen LogP contribution in [0.5, 0.6) is 0 Å². The summed E-state index contributed by atoms with van der Waals surface area (Å²) in [6, 6.07) is 15.6. The number of carboxylic acids is 1. The Morgan fingerprint density at radius 1 is 1.00 bits per heavy atom. The molecule has 7 nitrogen and oxygen atoms in total. The van der Waals surface area contributed by atoms with Gasteiger partial charge in [-0.2, -0.15) is 0 Å². The van der Waals surface area contributed by atoms with Gasteiger partial charge in [0.05, 0.1) is 12.3 Å². The molecule has 0 bridgehead atoms. The van der Waals surface area contributed by atoms with Crippen molar-refractivity contribution in [3.63, 3.8) is 0 Å². The minimum atomic E-state index is -0.941. The molecule has 1 fully saturated rings. The molecule has 0 saturated heterocycles. The number of carboxylic acid groups (broad SMARTS) is 1. The Hall–Kier alpha value is -3.35. The number of ether oxygens (including phenoxy) is 1. The minimum Gasteiger partial charge on any atom is -0.481 e. The van der Waals surface area contributed by atoms with E-state index in [-0.39, 0.29) is 30.9 Å². The van der Waals surface area contributed by atoms with E-state index in [1.807, 2.05) is 31.2 Å². The van der Waals surface area contributed by atoms with Gasteiger partial charge < -0.3 is 20.5 Å². The second-order valence-corrected chi connectivity index (χ2v) is 9.18. The highest BCUT2D eigenvalue weighted by Crippen LogP contribution is 2.44. The Morgan fingerprint density at radius 2 is 1.62 bits per heavy atom. The first kappa shape index (κ1) is 23.8. The molecule has 2 aliphatic rings. The predicted molar refractivity (Wildman–Crippen MR) is 128 cm³/mol. The fourth-order valence-electron chi connectivity index (χ4n) is 5.23. The lowest BCUT2D eigenvalue weighted by molar-refractivity contribution is -0.138. The molecular weight excluding hydrogens is 432 g/mol. The number of hydrogen-bond donors (Lipinski definition) is 3. The summed E-state index contributed by atoms with van der Waals surface area (Å²) >= 11 is 0. The Balaban J connectivity index is 1.37. The van der Waals surface area contributed by atoms with Crippen LogP contribution in [-0.4, -0.2) is 41.8 Å². The predicted octanol–water partition coefficient (Wildman–Crippen LogP) is 4.45. The van der Waals surface area contributed by atoms with E-state index in [0.717, 1.165) is 24.0 Å². The summed E-state index contributed by atoms with van der Waals surface area (Å²) < 4.78 is 5.67. The van der Waals surface area contributed by atoms with E-state index in [2.05, 4.69) is 34.9 Å². The molecule has 3 N–H and O–H groups in total. The van der Waals surface area contributed by atoms with Gasteiger partial charge in [0.15, 0.2) is 0 Å². The van der Waals surface area contributed by atoms with E-state index < -0.39 is 24.0 Å². The van der Waals surface area contributed by atoms with Crippen LogP contribution >= 0.6 is 0 Å². The van der Waals surface area contributed by atoms with Gasteiger partial charge in [0.2, 0.25) is 5.91 Å². The molecule has 1 saturated carbocycles. The van der Waals surface area contributed by atoms with E-state index >= 15 is 0 Å². The van der Waals surface area contributed by atoms with Gasteiger partial charge in [0.25, 0.3) is 0 Å². The van der Waals surface area contributed by atoms with Crippen molar-refractivity contribution in [2.24, 2.45) is 5.92 Å². The average molecular weight is 465 g/mol. The van der Waals surface area contributed by atoms with Gasteiger partial charge in [-0.1, -0.05) is 68.3 Å². The molecule has 0 heterocycles. The number of hydrogen-bond acceptors (Lipinski definition) is 4. The number of fused-ring (bicyclic) bond motifs is 3. The van der Waals surface area contributed by atoms with Gasteiger partial charge in [-0.15, -0.1) is 0 Å². The van der Waals surface area contributed by atoms with Crippen molar-refractivity contribution in [1.29, 1.82) is 0 Å². The first-order valence-electron chi connectivity index (χ1n) is 12.1. The largest absolute Gasteiger partial charge is 0.481 e. The molecule has 0 aliphatic heterocycles. The number of aliphatic carboxylic acids is 1. The zero-order valence-electron chi connectivity index (χ0n) is 19.5. The maximum atomic E-state index is 12.9. The molecule has 7 heteroatoms. The first-order valence-corrected chi connectivity index (χ1v) is 12.1. The zero-order valence-corrected chi connectivity index (χ0v) is 19.5. The number of alkyl carbamates (subject to hydrolysis) is 1. The number of carbonyl (C=O) groups is 3. The smallest absolute Gasteiger partial charge is 0.407 e. The van der Waals surface area contributed by atoms with Crippen LogP contribution in [0.2, 0.25) is 0 Å². The lowest BCUT2D eigenvalue weighted by atomic mass is 9.83. The van der Waals surface area contributed by atoms with Crippen molar-refractivity contribution in [3.05, 3.63) is 59.7 Å². The van der Waals surface area contributed by atoms with Crippen molar-refractivity contribution >= 4 is 18.0 Å². The maximum absolute atomic E-state index is 12.9. The molecule has 1 unspecified atom stereocenters. The van der Waals surface area contributed by atoms with Crippen LogP contribution in [0.1, 0.15) is 62.5 Å². The number of carbonyl (C=O) groups excluding carboxylic acids is 2. The molecular formula is C27H32N2O5. The summed E-state index contributed by atoms with van der Waals surface area (Å²) in [5.74, 6) is -1.55. The molecule has 2 amide bonds. The highest BCUT2D eigenvalue weighted by atomic mass is 16.5. The molecule has 34 heavy (non-hydrogen) atoms. The summed E-state index contributed by atoms with van der Waals surface area (Å²) in [5.41, 5.74) is 4.64. The van der Waals surface area contributed by atoms with Gasteiger partial charge in [0, 0.05) is 18.0 Å². The Labute approximate surface area is 199 Å². The fourth-order valence-corrected chi connectivity index (χ4v) is 5.23. The van der Waals surface area contributed by atoms with Crippen molar-refractivity contribution in [1.82, 2.24) is 10.6 Å². The SMILES string of the molecule is CCC(CC(=O)O)NC(=O)[C@H]1CCCC[C@H]1NC(=O)OCC1c2ccccc2-c2ccccc21. The van der Waals surface area contributed by atoms with Crippen LogP contribution in [0.25, 0.3) is 11.1 Å². The third-order valence-electron chi connectivity index (χ3n) is 7.01. The van der Waals surface area contributed by atoms with Crippen molar-refractivity contribution < 1.29 is 24.2 Å². The van der Waals surface area contributed by atoms with Crippen LogP contribution in [0.15, 0.2) is 48.5 Å². The summed E-state index contributed by atoms with van der Waals surface area (Å²) in [6.45, 7) is 2.07. The van der Waals surface area contributed by atoms with E-state index in [1.54, 1.807) is 0 Å². The van der Waals surface area contributed by atoms with Gasteiger partial charge in [-0.3, -0.25) is 9.59 Å². The molecule has 4 rings (SSSR count). The first-order chi connectivity index (χ1) is 16.5. The highest BCUT2D eigenvalue weighted by molar-refractivity contribution is 5.82. The van der Waals surface area contributed by atoms with Crippen molar-refractivity contribution in [2.45, 2.75) is 63.5 Å². The molecule has 2 aliphatic carbocycles. The second-order valence-electron chi connectivity index (χ2n) is 9.18. The van der Waals surface area contributed by atoms with Crippen LogP contribution in [0, 0.1) is 5.92 Å². The summed E-state index contributed by atoms with van der Waals surface area (Å²) in [6.07, 6.45) is 3.07. The summed E-state index contributed by atoms with van der Waals surface area (Å²) in [4.78, 5) is 36.7. The Bertz CT molecular complexity index is 1010. The number of amides is 2. The Morgan fingerprint density at radius 3 is 2.24 bits per heavy atom. The van der Waals surface area contributed by atoms with E-state index in [9.17, 15) is 14.4 Å². The lowest BCUT2D eigenvalue weighted by Gasteiger charge is -2.32. The van der Waals surface area contributed by atoms with Crippen LogP contribution in [-0.2, 0) is 14.3 Å². The van der Waals surface area contributed by atoms with Gasteiger partial charge in [0.1, 0.15) is 6.61 Å². The lowest BCUT2D eigenvalue weighted by Crippen LogP contribution is -2.50. The molecule has 2 aromatic rings. The van der Waals surface area contributed by atoms with Crippen LogP contribution < -0.4 is 10.6 Å². The van der Waals surface area contributed by atoms with Crippen molar-refractivity contribution in [3.8, 4) is 11.1 Å². The van der Waals surface area contributed by atoms with Crippen LogP contribution in [0.3, 0.4) is 0 Å². The second kappa shape index (κ2) is 10.7. The molecule has 0 aromatic heterocycles. The summed E-state index contributed by atoms with van der Waals surface area (Å²) in [5, 5.41) is 14.8. The molecule has 180 valence electrons. The number of benzene rings is 2. The topological polar surface area (TPSA) is 105 Å². The minimum absolute atomic E-state index is 0.0232. The third-order valence-corrected chi connectivity index (χ3v) is 7.01. The van der Waals surface area contributed by atoms with E-state index in [1.165, 1.54) is 11.1 Å². The molecule has 3 atom stereocenters. The monoisotopic (exact) mass is 464 g/mol. The van der Waals surface area contributed by atoms with Gasteiger partial charge in [-0.05, 0) is 41.5 Å². The number of nitrogens with one attached hydrogen (secondary N) is 2. The van der Waals surface area contributed by atoms with Crippen LogP contribution in [0.4, 0.5) is 4.79 Å². The molecule has 0 spiro atoms. The van der Waals surface area contributed by atoms with E-state index in [0.29, 0.717) is 19.3 Å². The van der Waals surface area contributed by atoms with Crippen molar-refractivity contribution in [2.75, 3.05) is 6.61 Å². The summed E-state index contributed by atoms with van der Waals surface area (Å²) in [7, 11) is 0. The normalized spacial score (nSPS) is 20.0. The number of rotatable bonds is 8. The standard InChI is InChI=1S/C27H32N2O5/c1-2-17(15-25(30)31)28-26(32)22-13-7-8-14-24(22)29-27(33)34-16-23-20-11-5-3-9-18(20)19-10-4-6-12-21(19)23/h3-6,9-12,17,22-24H,2,7-8,13-16H2,1H3,(H,28,32)(H,29,33)(H,30,31)/t17?,22-,24+/m0/s1. The molecule has 0 radical (unpaired) electrons. The van der Waals surface area contributed by atoms with Gasteiger partial charge in [-0.25, -0.2) is 4.79 Å². The third kappa shape index (κ3) is 5.24. The maximum Gasteiger partial charge on any atom is 0.407 e. The van der Waals surface area contributed by atoms with E-state index in [4.69, 9.17) is 9.84 Å². The highest BCUT2D eigenvalue weighted by Gasteiger charge is 2.34. The fraction of sp³-hybridized carbons (Fsp3) is 0.444.